The molecule has 4 heteroatoms. The third-order valence-corrected chi connectivity index (χ3v) is 5.26. The molecular weight excluding hydrogens is 254 g/mol. The Labute approximate surface area is 121 Å². The Morgan fingerprint density at radius 2 is 1.85 bits per heavy atom. The molecule has 4 nitrogen and oxygen atoms in total. The highest BCUT2D eigenvalue weighted by atomic mass is 16.4. The quantitative estimate of drug-likeness (QED) is 0.842. The molecule has 0 aromatic carbocycles. The van der Waals surface area contributed by atoms with Gasteiger partial charge < -0.3 is 10.0 Å². The van der Waals surface area contributed by atoms with Gasteiger partial charge in [-0.05, 0) is 44.4 Å². The molecule has 0 radical (unpaired) electrons. The number of carbonyl (C=O) groups is 2. The number of likely N-dealkylation sites (tertiary alicyclic amines) is 1. The second-order valence-electron chi connectivity index (χ2n) is 6.74. The third kappa shape index (κ3) is 3.15. The summed E-state index contributed by atoms with van der Waals surface area (Å²) in [5.41, 5.74) is -0.274. The standard InChI is InChI=1S/C16H27NO3/c1-3-13-7-6-12(2)17(13)14(18)10-16(11-15(19)20)8-4-5-9-16/h12-13H,3-11H2,1-2H3,(H,19,20). The Kier molecular flexibility index (Phi) is 4.71. The molecule has 1 saturated heterocycles. The normalized spacial score (nSPS) is 28.8. The van der Waals surface area contributed by atoms with Gasteiger partial charge in [-0.1, -0.05) is 19.8 Å². The molecule has 2 aliphatic rings. The zero-order valence-electron chi connectivity index (χ0n) is 12.7. The number of hydrogen-bond acceptors (Lipinski definition) is 2. The molecule has 1 amide bonds. The van der Waals surface area contributed by atoms with Gasteiger partial charge in [0.1, 0.15) is 0 Å². The molecule has 0 bridgehead atoms. The van der Waals surface area contributed by atoms with Crippen LogP contribution in [0.3, 0.4) is 0 Å². The monoisotopic (exact) mass is 281 g/mol. The molecule has 2 rings (SSSR count). The second kappa shape index (κ2) is 6.15. The van der Waals surface area contributed by atoms with Crippen molar-refractivity contribution in [3.8, 4) is 0 Å². The summed E-state index contributed by atoms with van der Waals surface area (Å²) in [6, 6.07) is 0.677. The average molecular weight is 281 g/mol. The van der Waals surface area contributed by atoms with E-state index in [0.717, 1.165) is 44.9 Å². The summed E-state index contributed by atoms with van der Waals surface area (Å²) in [6.07, 6.45) is 7.67. The Balaban J connectivity index is 2.06. The van der Waals surface area contributed by atoms with Gasteiger partial charge in [-0.15, -0.1) is 0 Å². The van der Waals surface area contributed by atoms with Gasteiger partial charge >= 0.3 is 5.97 Å². The van der Waals surface area contributed by atoms with Gasteiger partial charge in [0.25, 0.3) is 0 Å². The van der Waals surface area contributed by atoms with Crippen molar-refractivity contribution in [2.45, 2.75) is 83.7 Å². The molecule has 1 heterocycles. The zero-order valence-corrected chi connectivity index (χ0v) is 12.7. The first-order valence-corrected chi connectivity index (χ1v) is 8.00. The van der Waals surface area contributed by atoms with Crippen LogP contribution in [0.2, 0.25) is 0 Å². The summed E-state index contributed by atoms with van der Waals surface area (Å²) in [4.78, 5) is 25.9. The number of hydrogen-bond donors (Lipinski definition) is 1. The van der Waals surface area contributed by atoms with E-state index in [0.29, 0.717) is 18.5 Å². The largest absolute Gasteiger partial charge is 0.481 e. The van der Waals surface area contributed by atoms with Crippen molar-refractivity contribution in [1.82, 2.24) is 4.90 Å². The smallest absolute Gasteiger partial charge is 0.303 e. The highest BCUT2D eigenvalue weighted by Gasteiger charge is 2.41. The predicted molar refractivity (Wildman–Crippen MR) is 77.4 cm³/mol. The summed E-state index contributed by atoms with van der Waals surface area (Å²) in [5, 5.41) is 9.14. The van der Waals surface area contributed by atoms with E-state index in [1.54, 1.807) is 0 Å². The lowest BCUT2D eigenvalue weighted by molar-refractivity contribution is -0.142. The van der Waals surface area contributed by atoms with Crippen LogP contribution < -0.4 is 0 Å². The van der Waals surface area contributed by atoms with Crippen LogP contribution >= 0.6 is 0 Å². The minimum atomic E-state index is -0.763. The molecule has 2 atom stereocenters. The first-order valence-electron chi connectivity index (χ1n) is 8.00. The minimum Gasteiger partial charge on any atom is -0.481 e. The van der Waals surface area contributed by atoms with E-state index in [4.69, 9.17) is 5.11 Å². The van der Waals surface area contributed by atoms with Crippen molar-refractivity contribution in [1.29, 1.82) is 0 Å². The third-order valence-electron chi connectivity index (χ3n) is 5.26. The highest BCUT2D eigenvalue weighted by molar-refractivity contribution is 5.79. The van der Waals surface area contributed by atoms with Crippen molar-refractivity contribution in [3.63, 3.8) is 0 Å². The van der Waals surface area contributed by atoms with Crippen LogP contribution in [0.15, 0.2) is 0 Å². The van der Waals surface area contributed by atoms with Crippen LogP contribution in [0.25, 0.3) is 0 Å². The van der Waals surface area contributed by atoms with Crippen LogP contribution in [0.5, 0.6) is 0 Å². The van der Waals surface area contributed by atoms with Gasteiger partial charge in [0.15, 0.2) is 0 Å². The van der Waals surface area contributed by atoms with Crippen molar-refractivity contribution >= 4 is 11.9 Å². The molecular formula is C16H27NO3. The van der Waals surface area contributed by atoms with Gasteiger partial charge in [-0.25, -0.2) is 0 Å². The molecule has 20 heavy (non-hydrogen) atoms. The van der Waals surface area contributed by atoms with E-state index < -0.39 is 5.97 Å². The second-order valence-corrected chi connectivity index (χ2v) is 6.74. The minimum absolute atomic E-state index is 0.151. The number of carboxylic acids is 1. The number of carbonyl (C=O) groups excluding carboxylic acids is 1. The lowest BCUT2D eigenvalue weighted by Gasteiger charge is -2.33. The van der Waals surface area contributed by atoms with Crippen molar-refractivity contribution < 1.29 is 14.7 Å². The Bertz CT molecular complexity index is 374. The summed E-state index contributed by atoms with van der Waals surface area (Å²) in [6.45, 7) is 4.25. The first-order chi connectivity index (χ1) is 9.47. The first kappa shape index (κ1) is 15.3. The molecule has 0 spiro atoms. The number of amides is 1. The van der Waals surface area contributed by atoms with Gasteiger partial charge in [0.2, 0.25) is 5.91 Å². The topological polar surface area (TPSA) is 57.6 Å². The number of carboxylic acid groups (broad SMARTS) is 1. The van der Waals surface area contributed by atoms with E-state index in [-0.39, 0.29) is 17.7 Å². The zero-order chi connectivity index (χ0) is 14.8. The van der Waals surface area contributed by atoms with Crippen molar-refractivity contribution in [3.05, 3.63) is 0 Å². The predicted octanol–water partition coefficient (Wildman–Crippen LogP) is 3.20. The van der Waals surface area contributed by atoms with Gasteiger partial charge in [0.05, 0.1) is 6.42 Å². The molecule has 1 aliphatic heterocycles. The van der Waals surface area contributed by atoms with Crippen LogP contribution in [0, 0.1) is 5.41 Å². The summed E-state index contributed by atoms with van der Waals surface area (Å²) < 4.78 is 0. The van der Waals surface area contributed by atoms with Crippen LogP contribution in [-0.2, 0) is 9.59 Å². The average Bonchev–Trinajstić information content (AvgIpc) is 2.95. The molecule has 0 aromatic heterocycles. The highest BCUT2D eigenvalue weighted by Crippen LogP contribution is 2.45. The lowest BCUT2D eigenvalue weighted by Crippen LogP contribution is -2.42. The van der Waals surface area contributed by atoms with Gasteiger partial charge in [0, 0.05) is 18.5 Å². The Morgan fingerprint density at radius 3 is 2.40 bits per heavy atom. The van der Waals surface area contributed by atoms with Crippen LogP contribution in [0.4, 0.5) is 0 Å². The van der Waals surface area contributed by atoms with Crippen LogP contribution in [0.1, 0.15) is 71.6 Å². The Morgan fingerprint density at radius 1 is 1.20 bits per heavy atom. The molecule has 0 aromatic rings. The van der Waals surface area contributed by atoms with E-state index in [1.165, 1.54) is 0 Å². The lowest BCUT2D eigenvalue weighted by atomic mass is 9.79. The van der Waals surface area contributed by atoms with Gasteiger partial charge in [-0.3, -0.25) is 9.59 Å². The molecule has 2 fully saturated rings. The fourth-order valence-electron chi connectivity index (χ4n) is 4.20. The molecule has 114 valence electrons. The van der Waals surface area contributed by atoms with Crippen molar-refractivity contribution in [2.24, 2.45) is 5.41 Å². The molecule has 1 aliphatic carbocycles. The van der Waals surface area contributed by atoms with Crippen molar-refractivity contribution in [2.75, 3.05) is 0 Å². The summed E-state index contributed by atoms with van der Waals surface area (Å²) in [7, 11) is 0. The molecule has 2 unspecified atom stereocenters. The van der Waals surface area contributed by atoms with E-state index in [1.807, 2.05) is 4.90 Å². The van der Waals surface area contributed by atoms with E-state index in [2.05, 4.69) is 13.8 Å². The fraction of sp³-hybridized carbons (Fsp3) is 0.875. The van der Waals surface area contributed by atoms with E-state index in [9.17, 15) is 9.59 Å². The number of nitrogens with zero attached hydrogens (tertiary/aromatic N) is 1. The Hall–Kier alpha value is -1.06. The fourth-order valence-corrected chi connectivity index (χ4v) is 4.20. The maximum Gasteiger partial charge on any atom is 0.303 e. The molecule has 1 N–H and O–H groups in total. The number of rotatable bonds is 5. The summed E-state index contributed by atoms with van der Waals surface area (Å²) >= 11 is 0. The maximum absolute atomic E-state index is 12.7. The van der Waals surface area contributed by atoms with Crippen LogP contribution in [-0.4, -0.2) is 34.0 Å². The maximum atomic E-state index is 12.7. The molecule has 1 saturated carbocycles. The van der Waals surface area contributed by atoms with E-state index >= 15 is 0 Å². The SMILES string of the molecule is CCC1CCC(C)N1C(=O)CC1(CC(=O)O)CCCC1. The number of aliphatic carboxylic acids is 1. The summed E-state index contributed by atoms with van der Waals surface area (Å²) in [5.74, 6) is -0.578. The van der Waals surface area contributed by atoms with Gasteiger partial charge in [-0.2, -0.15) is 0 Å².